The first-order valence-electron chi connectivity index (χ1n) is 6.63. The van der Waals surface area contributed by atoms with Gasteiger partial charge in [0.2, 0.25) is 5.91 Å². The van der Waals surface area contributed by atoms with Gasteiger partial charge in [-0.2, -0.15) is 0 Å². The van der Waals surface area contributed by atoms with Crippen LogP contribution in [0.15, 0.2) is 24.3 Å². The molecule has 1 aromatic heterocycles. The summed E-state index contributed by atoms with van der Waals surface area (Å²) in [6.45, 7) is 3.61. The third kappa shape index (κ3) is 3.46. The van der Waals surface area contributed by atoms with E-state index in [-0.39, 0.29) is 10.8 Å². The lowest BCUT2D eigenvalue weighted by Crippen LogP contribution is -2.11. The van der Waals surface area contributed by atoms with Crippen molar-refractivity contribution in [2.75, 3.05) is 5.32 Å². The van der Waals surface area contributed by atoms with Crippen molar-refractivity contribution in [2.45, 2.75) is 26.7 Å². The van der Waals surface area contributed by atoms with Crippen molar-refractivity contribution in [3.05, 3.63) is 34.8 Å². The van der Waals surface area contributed by atoms with Crippen molar-refractivity contribution in [3.8, 4) is 10.6 Å². The fourth-order valence-corrected chi connectivity index (χ4v) is 2.87. The molecule has 0 radical (unpaired) electrons. The number of carboxylic acids is 1. The highest BCUT2D eigenvalue weighted by Gasteiger charge is 2.17. The van der Waals surface area contributed by atoms with Crippen molar-refractivity contribution in [3.63, 3.8) is 0 Å². The molecule has 0 saturated heterocycles. The lowest BCUT2D eigenvalue weighted by molar-refractivity contribution is -0.116. The molecular formula is C15H16N2O3S. The molecule has 2 rings (SSSR count). The predicted molar refractivity (Wildman–Crippen MR) is 82.8 cm³/mol. The molecule has 6 heteroatoms. The summed E-state index contributed by atoms with van der Waals surface area (Å²) in [6, 6.07) is 7.27. The van der Waals surface area contributed by atoms with E-state index in [1.54, 1.807) is 13.0 Å². The van der Waals surface area contributed by atoms with Gasteiger partial charge in [0.25, 0.3) is 0 Å². The summed E-state index contributed by atoms with van der Waals surface area (Å²) < 4.78 is 0. The van der Waals surface area contributed by atoms with Crippen LogP contribution in [0.3, 0.4) is 0 Å². The normalized spacial score (nSPS) is 10.4. The van der Waals surface area contributed by atoms with Gasteiger partial charge in [-0.3, -0.25) is 4.79 Å². The molecule has 5 nitrogen and oxygen atoms in total. The Morgan fingerprint density at radius 3 is 2.67 bits per heavy atom. The largest absolute Gasteiger partial charge is 0.477 e. The van der Waals surface area contributed by atoms with E-state index in [1.807, 2.05) is 25.1 Å². The molecule has 0 aliphatic carbocycles. The number of hydrogen-bond acceptors (Lipinski definition) is 4. The predicted octanol–water partition coefficient (Wildman–Crippen LogP) is 3.56. The average Bonchev–Trinajstić information content (AvgIpc) is 2.81. The van der Waals surface area contributed by atoms with Gasteiger partial charge in [0.05, 0.1) is 11.4 Å². The molecule has 0 bridgehead atoms. The first-order valence-corrected chi connectivity index (χ1v) is 7.44. The fourth-order valence-electron chi connectivity index (χ4n) is 1.93. The maximum absolute atomic E-state index is 11.8. The third-order valence-corrected chi connectivity index (χ3v) is 4.08. The number of aryl methyl sites for hydroxylation is 1. The smallest absolute Gasteiger partial charge is 0.347 e. The summed E-state index contributed by atoms with van der Waals surface area (Å²) in [6.07, 6.45) is 1.22. The molecule has 0 unspecified atom stereocenters. The summed E-state index contributed by atoms with van der Waals surface area (Å²) in [5.74, 6) is -1.04. The Balaban J connectivity index is 2.38. The summed E-state index contributed by atoms with van der Waals surface area (Å²) in [7, 11) is 0. The standard InChI is InChI=1S/C15H16N2O3S/c1-3-6-12(18)17-11-8-5-4-7-10(11)14-16-9(2)13(21-14)15(19)20/h4-5,7-8H,3,6H2,1-2H3,(H,17,18)(H,19,20). The van der Waals surface area contributed by atoms with E-state index in [0.29, 0.717) is 22.8 Å². The first kappa shape index (κ1) is 15.2. The number of carbonyl (C=O) groups is 2. The molecule has 2 N–H and O–H groups in total. The summed E-state index contributed by atoms with van der Waals surface area (Å²) >= 11 is 1.11. The Hall–Kier alpha value is -2.21. The quantitative estimate of drug-likeness (QED) is 0.885. The van der Waals surface area contributed by atoms with Crippen LogP contribution in [-0.2, 0) is 4.79 Å². The van der Waals surface area contributed by atoms with Crippen LogP contribution in [0, 0.1) is 6.92 Å². The van der Waals surface area contributed by atoms with Crippen LogP contribution in [-0.4, -0.2) is 22.0 Å². The van der Waals surface area contributed by atoms with E-state index < -0.39 is 5.97 Å². The van der Waals surface area contributed by atoms with E-state index >= 15 is 0 Å². The first-order chi connectivity index (χ1) is 10.0. The van der Waals surface area contributed by atoms with Crippen LogP contribution in [0.2, 0.25) is 0 Å². The molecule has 1 aromatic carbocycles. The van der Waals surface area contributed by atoms with Gasteiger partial charge in [0.15, 0.2) is 0 Å². The number of carbonyl (C=O) groups excluding carboxylic acids is 1. The number of carboxylic acid groups (broad SMARTS) is 1. The number of hydrogen-bond donors (Lipinski definition) is 2. The Morgan fingerprint density at radius 2 is 2.05 bits per heavy atom. The SMILES string of the molecule is CCCC(=O)Nc1ccccc1-c1nc(C)c(C(=O)O)s1. The maximum atomic E-state index is 11.8. The van der Waals surface area contributed by atoms with Crippen LogP contribution in [0.1, 0.15) is 35.1 Å². The van der Waals surface area contributed by atoms with Crippen molar-refractivity contribution < 1.29 is 14.7 Å². The van der Waals surface area contributed by atoms with E-state index in [1.165, 1.54) is 0 Å². The minimum absolute atomic E-state index is 0.0586. The Morgan fingerprint density at radius 1 is 1.33 bits per heavy atom. The molecule has 0 atom stereocenters. The summed E-state index contributed by atoms with van der Waals surface area (Å²) in [4.78, 5) is 27.4. The number of aromatic carboxylic acids is 1. The molecule has 0 fully saturated rings. The van der Waals surface area contributed by atoms with Gasteiger partial charge in [-0.25, -0.2) is 9.78 Å². The second-order valence-corrected chi connectivity index (χ2v) is 5.58. The number of nitrogens with one attached hydrogen (secondary N) is 1. The van der Waals surface area contributed by atoms with Crippen LogP contribution < -0.4 is 5.32 Å². The fraction of sp³-hybridized carbons (Fsp3) is 0.267. The molecule has 110 valence electrons. The van der Waals surface area contributed by atoms with Gasteiger partial charge in [0.1, 0.15) is 9.88 Å². The summed E-state index contributed by atoms with van der Waals surface area (Å²) in [5, 5.41) is 12.6. The van der Waals surface area contributed by atoms with Gasteiger partial charge in [-0.05, 0) is 25.5 Å². The molecule has 1 amide bonds. The minimum Gasteiger partial charge on any atom is -0.477 e. The van der Waals surface area contributed by atoms with Gasteiger partial charge < -0.3 is 10.4 Å². The van der Waals surface area contributed by atoms with Crippen molar-refractivity contribution in [1.29, 1.82) is 0 Å². The van der Waals surface area contributed by atoms with Crippen LogP contribution in [0.25, 0.3) is 10.6 Å². The third-order valence-electron chi connectivity index (χ3n) is 2.90. The number of aromatic nitrogens is 1. The molecule has 0 saturated carbocycles. The van der Waals surface area contributed by atoms with E-state index in [4.69, 9.17) is 5.11 Å². The average molecular weight is 304 g/mol. The summed E-state index contributed by atoms with van der Waals surface area (Å²) in [5.41, 5.74) is 1.88. The highest BCUT2D eigenvalue weighted by molar-refractivity contribution is 7.17. The lowest BCUT2D eigenvalue weighted by Gasteiger charge is -2.08. The lowest BCUT2D eigenvalue weighted by atomic mass is 10.1. The second kappa shape index (κ2) is 6.49. The Bertz CT molecular complexity index is 679. The zero-order chi connectivity index (χ0) is 15.4. The van der Waals surface area contributed by atoms with Crippen molar-refractivity contribution >= 4 is 28.9 Å². The van der Waals surface area contributed by atoms with Gasteiger partial charge >= 0.3 is 5.97 Å². The highest BCUT2D eigenvalue weighted by atomic mass is 32.1. The van der Waals surface area contributed by atoms with Gasteiger partial charge in [-0.1, -0.05) is 19.1 Å². The molecule has 0 aliphatic heterocycles. The molecule has 0 aliphatic rings. The molecule has 1 heterocycles. The zero-order valence-electron chi connectivity index (χ0n) is 11.8. The monoisotopic (exact) mass is 304 g/mol. The number of anilines is 1. The number of benzene rings is 1. The van der Waals surface area contributed by atoms with Crippen LogP contribution >= 0.6 is 11.3 Å². The number of thiazole rings is 1. The van der Waals surface area contributed by atoms with Gasteiger partial charge in [0, 0.05) is 12.0 Å². The van der Waals surface area contributed by atoms with Crippen LogP contribution in [0.5, 0.6) is 0 Å². The number of para-hydroxylation sites is 1. The molecule has 2 aromatic rings. The Labute approximate surface area is 126 Å². The van der Waals surface area contributed by atoms with Crippen LogP contribution in [0.4, 0.5) is 5.69 Å². The molecule has 21 heavy (non-hydrogen) atoms. The van der Waals surface area contributed by atoms with E-state index in [0.717, 1.165) is 23.3 Å². The highest BCUT2D eigenvalue weighted by Crippen LogP contribution is 2.33. The van der Waals surface area contributed by atoms with Gasteiger partial charge in [-0.15, -0.1) is 11.3 Å². The number of nitrogens with zero attached hydrogens (tertiary/aromatic N) is 1. The number of amides is 1. The second-order valence-electron chi connectivity index (χ2n) is 4.58. The zero-order valence-corrected chi connectivity index (χ0v) is 12.7. The van der Waals surface area contributed by atoms with Crippen molar-refractivity contribution in [1.82, 2.24) is 4.98 Å². The maximum Gasteiger partial charge on any atom is 0.347 e. The molecule has 0 spiro atoms. The number of rotatable bonds is 5. The van der Waals surface area contributed by atoms with Crippen molar-refractivity contribution in [2.24, 2.45) is 0 Å². The van der Waals surface area contributed by atoms with E-state index in [9.17, 15) is 9.59 Å². The minimum atomic E-state index is -0.983. The molecular weight excluding hydrogens is 288 g/mol. The Kier molecular flexibility index (Phi) is 4.70. The topological polar surface area (TPSA) is 79.3 Å². The van der Waals surface area contributed by atoms with E-state index in [2.05, 4.69) is 10.3 Å².